The minimum absolute atomic E-state index is 0.122. The Bertz CT molecular complexity index is 186. The van der Waals surface area contributed by atoms with Crippen LogP contribution in [-0.4, -0.2) is 18.1 Å². The van der Waals surface area contributed by atoms with Crippen LogP contribution in [0.4, 0.5) is 0 Å². The summed E-state index contributed by atoms with van der Waals surface area (Å²) in [6, 6.07) is -0.436. The molecule has 0 saturated heterocycles. The fraction of sp³-hybridized carbons (Fsp3) is 0.909. The Morgan fingerprint density at radius 3 is 2.50 bits per heavy atom. The summed E-state index contributed by atoms with van der Waals surface area (Å²) in [6.45, 7) is 4.14. The Hall–Kier alpha value is -0.570. The minimum Gasteiger partial charge on any atom is -0.461 e. The summed E-state index contributed by atoms with van der Waals surface area (Å²) < 4.78 is 5.33. The largest absolute Gasteiger partial charge is 0.461 e. The Morgan fingerprint density at radius 2 is 2.00 bits per heavy atom. The number of rotatable bonds is 3. The number of carbonyl (C=O) groups is 1. The van der Waals surface area contributed by atoms with Crippen LogP contribution in [0.1, 0.15) is 46.0 Å². The van der Waals surface area contributed by atoms with Gasteiger partial charge in [0.25, 0.3) is 0 Å². The lowest BCUT2D eigenvalue weighted by molar-refractivity contribution is -0.152. The van der Waals surface area contributed by atoms with Crippen molar-refractivity contribution in [2.24, 2.45) is 11.7 Å². The average Bonchev–Trinajstić information content (AvgIpc) is 2.20. The van der Waals surface area contributed by atoms with Gasteiger partial charge in [-0.1, -0.05) is 13.8 Å². The molecular weight excluding hydrogens is 178 g/mol. The summed E-state index contributed by atoms with van der Waals surface area (Å²) in [5.74, 6) is 0.553. The van der Waals surface area contributed by atoms with Gasteiger partial charge in [-0.25, -0.2) is 0 Å². The van der Waals surface area contributed by atoms with Crippen molar-refractivity contribution in [1.29, 1.82) is 0 Å². The summed E-state index contributed by atoms with van der Waals surface area (Å²) in [4.78, 5) is 11.4. The first-order valence-electron chi connectivity index (χ1n) is 5.59. The van der Waals surface area contributed by atoms with Gasteiger partial charge in [0.1, 0.15) is 12.1 Å². The molecule has 1 atom stereocenters. The normalized spacial score (nSPS) is 29.6. The third kappa shape index (κ3) is 3.29. The molecule has 14 heavy (non-hydrogen) atoms. The van der Waals surface area contributed by atoms with E-state index in [1.54, 1.807) is 0 Å². The van der Waals surface area contributed by atoms with Crippen molar-refractivity contribution >= 4 is 5.97 Å². The van der Waals surface area contributed by atoms with Crippen molar-refractivity contribution in [3.8, 4) is 0 Å². The molecule has 0 aromatic carbocycles. The molecule has 0 aromatic rings. The molecule has 3 heteroatoms. The maximum absolute atomic E-state index is 11.4. The van der Waals surface area contributed by atoms with Crippen LogP contribution in [0.25, 0.3) is 0 Å². The van der Waals surface area contributed by atoms with Crippen LogP contribution >= 0.6 is 0 Å². The number of ether oxygens (including phenoxy) is 1. The highest BCUT2D eigenvalue weighted by atomic mass is 16.5. The van der Waals surface area contributed by atoms with Gasteiger partial charge in [0.15, 0.2) is 0 Å². The molecule has 1 fully saturated rings. The van der Waals surface area contributed by atoms with Crippen LogP contribution in [0.15, 0.2) is 0 Å². The van der Waals surface area contributed by atoms with Gasteiger partial charge in [-0.2, -0.15) is 0 Å². The van der Waals surface area contributed by atoms with E-state index in [2.05, 4.69) is 6.92 Å². The van der Waals surface area contributed by atoms with Crippen LogP contribution < -0.4 is 5.73 Å². The highest BCUT2D eigenvalue weighted by molar-refractivity contribution is 5.75. The third-order valence-electron chi connectivity index (χ3n) is 2.99. The zero-order chi connectivity index (χ0) is 10.6. The minimum atomic E-state index is -0.436. The van der Waals surface area contributed by atoms with E-state index in [-0.39, 0.29) is 12.1 Å². The quantitative estimate of drug-likeness (QED) is 0.706. The van der Waals surface area contributed by atoms with E-state index in [0.29, 0.717) is 6.42 Å². The van der Waals surface area contributed by atoms with E-state index in [1.165, 1.54) is 12.8 Å². The molecule has 0 aliphatic heterocycles. The topological polar surface area (TPSA) is 52.3 Å². The third-order valence-corrected chi connectivity index (χ3v) is 2.99. The number of nitrogens with two attached hydrogens (primary N) is 1. The van der Waals surface area contributed by atoms with Crippen LogP contribution in [0, 0.1) is 5.92 Å². The molecule has 1 aliphatic carbocycles. The standard InChI is InChI=1S/C11H21NO2/c1-3-10(12)11(13)14-9-6-4-8(2)5-7-9/h8-10H,3-7,12H2,1-2H3. The molecule has 1 unspecified atom stereocenters. The maximum Gasteiger partial charge on any atom is 0.323 e. The highest BCUT2D eigenvalue weighted by Crippen LogP contribution is 2.25. The molecule has 0 amide bonds. The Morgan fingerprint density at radius 1 is 1.43 bits per heavy atom. The van der Waals surface area contributed by atoms with Gasteiger partial charge in [-0.05, 0) is 38.0 Å². The van der Waals surface area contributed by atoms with Gasteiger partial charge in [-0.3, -0.25) is 4.79 Å². The van der Waals surface area contributed by atoms with Crippen LogP contribution in [-0.2, 0) is 9.53 Å². The molecule has 3 nitrogen and oxygen atoms in total. The Labute approximate surface area is 86.0 Å². The molecule has 0 bridgehead atoms. The van der Waals surface area contributed by atoms with Gasteiger partial charge in [0, 0.05) is 0 Å². The smallest absolute Gasteiger partial charge is 0.323 e. The lowest BCUT2D eigenvalue weighted by Crippen LogP contribution is -2.35. The Balaban J connectivity index is 2.27. The molecule has 82 valence electrons. The van der Waals surface area contributed by atoms with E-state index >= 15 is 0 Å². The SMILES string of the molecule is CCC(N)C(=O)OC1CCC(C)CC1. The van der Waals surface area contributed by atoms with Crippen molar-refractivity contribution in [3.63, 3.8) is 0 Å². The lowest BCUT2D eigenvalue weighted by Gasteiger charge is -2.26. The van der Waals surface area contributed by atoms with Crippen molar-refractivity contribution in [1.82, 2.24) is 0 Å². The Kier molecular flexibility index (Phi) is 4.39. The van der Waals surface area contributed by atoms with Crippen molar-refractivity contribution in [3.05, 3.63) is 0 Å². The molecule has 2 N–H and O–H groups in total. The summed E-state index contributed by atoms with van der Waals surface area (Å²) in [6.07, 6.45) is 5.11. The predicted octanol–water partition coefficient (Wildman–Crippen LogP) is 1.85. The average molecular weight is 199 g/mol. The van der Waals surface area contributed by atoms with Crippen molar-refractivity contribution < 1.29 is 9.53 Å². The zero-order valence-corrected chi connectivity index (χ0v) is 9.16. The first kappa shape index (κ1) is 11.5. The number of esters is 1. The van der Waals surface area contributed by atoms with Gasteiger partial charge < -0.3 is 10.5 Å². The second-order valence-electron chi connectivity index (χ2n) is 4.33. The molecule has 1 aliphatic rings. The molecule has 1 saturated carbocycles. The lowest BCUT2D eigenvalue weighted by atomic mass is 9.89. The number of hydrogen-bond donors (Lipinski definition) is 1. The van der Waals surface area contributed by atoms with Crippen LogP contribution in [0.3, 0.4) is 0 Å². The molecule has 0 aromatic heterocycles. The first-order valence-corrected chi connectivity index (χ1v) is 5.59. The van der Waals surface area contributed by atoms with E-state index in [0.717, 1.165) is 18.8 Å². The van der Waals surface area contributed by atoms with Gasteiger partial charge >= 0.3 is 5.97 Å². The van der Waals surface area contributed by atoms with Gasteiger partial charge in [0.05, 0.1) is 0 Å². The van der Waals surface area contributed by atoms with Crippen LogP contribution in [0.5, 0.6) is 0 Å². The van der Waals surface area contributed by atoms with E-state index in [9.17, 15) is 4.79 Å². The zero-order valence-electron chi connectivity index (χ0n) is 9.16. The molecular formula is C11H21NO2. The maximum atomic E-state index is 11.4. The molecule has 0 heterocycles. The number of carbonyl (C=O) groups excluding carboxylic acids is 1. The van der Waals surface area contributed by atoms with Crippen LogP contribution in [0.2, 0.25) is 0 Å². The fourth-order valence-corrected chi connectivity index (χ4v) is 1.77. The predicted molar refractivity (Wildman–Crippen MR) is 55.8 cm³/mol. The molecule has 0 radical (unpaired) electrons. The summed E-state index contributed by atoms with van der Waals surface area (Å²) in [7, 11) is 0. The second kappa shape index (κ2) is 5.35. The highest BCUT2D eigenvalue weighted by Gasteiger charge is 2.23. The van der Waals surface area contributed by atoms with Gasteiger partial charge in [0.2, 0.25) is 0 Å². The second-order valence-corrected chi connectivity index (χ2v) is 4.33. The van der Waals surface area contributed by atoms with E-state index in [4.69, 9.17) is 10.5 Å². The van der Waals surface area contributed by atoms with Gasteiger partial charge in [-0.15, -0.1) is 0 Å². The van der Waals surface area contributed by atoms with E-state index < -0.39 is 6.04 Å². The summed E-state index contributed by atoms with van der Waals surface area (Å²) >= 11 is 0. The summed E-state index contributed by atoms with van der Waals surface area (Å²) in [5.41, 5.74) is 5.59. The number of hydrogen-bond acceptors (Lipinski definition) is 3. The van der Waals surface area contributed by atoms with Crippen molar-refractivity contribution in [2.45, 2.75) is 58.1 Å². The summed E-state index contributed by atoms with van der Waals surface area (Å²) in [5, 5.41) is 0. The molecule has 1 rings (SSSR count). The van der Waals surface area contributed by atoms with Crippen molar-refractivity contribution in [2.75, 3.05) is 0 Å². The molecule has 0 spiro atoms. The first-order chi connectivity index (χ1) is 6.63. The fourth-order valence-electron chi connectivity index (χ4n) is 1.77. The monoisotopic (exact) mass is 199 g/mol. The van der Waals surface area contributed by atoms with E-state index in [1.807, 2.05) is 6.92 Å².